The monoisotopic (exact) mass is 300 g/mol. The molecular weight excluding hydrogens is 282 g/mol. The minimum Gasteiger partial charge on any atom is -0.396 e. The predicted molar refractivity (Wildman–Crippen MR) is 73.5 cm³/mol. The smallest absolute Gasteiger partial charge is 0.313 e. The van der Waals surface area contributed by atoms with Crippen LogP contribution in [0.2, 0.25) is 0 Å². The van der Waals surface area contributed by atoms with Crippen LogP contribution in [0.25, 0.3) is 0 Å². The van der Waals surface area contributed by atoms with E-state index in [-0.39, 0.29) is 18.6 Å². The lowest BCUT2D eigenvalue weighted by Gasteiger charge is -2.21. The molecule has 116 valence electrons. The molecule has 0 heterocycles. The summed E-state index contributed by atoms with van der Waals surface area (Å²) in [7, 11) is 0. The molecule has 0 saturated carbocycles. The first-order valence-corrected chi connectivity index (χ1v) is 6.53. The Balaban J connectivity index is 2.70. The summed E-state index contributed by atoms with van der Waals surface area (Å²) >= 11 is 0. The lowest BCUT2D eigenvalue weighted by molar-refractivity contribution is -0.136. The minimum atomic E-state index is -1.09. The van der Waals surface area contributed by atoms with Crippen molar-refractivity contribution >= 4 is 17.5 Å². The third-order valence-corrected chi connectivity index (χ3v) is 2.94. The quantitative estimate of drug-likeness (QED) is 0.720. The highest BCUT2D eigenvalue weighted by atomic mass is 19.1. The van der Waals surface area contributed by atoms with Gasteiger partial charge in [0, 0.05) is 18.7 Å². The highest BCUT2D eigenvalue weighted by Crippen LogP contribution is 2.15. The van der Waals surface area contributed by atoms with E-state index >= 15 is 0 Å². The van der Waals surface area contributed by atoms with Gasteiger partial charge in [-0.2, -0.15) is 0 Å². The van der Waals surface area contributed by atoms with Gasteiger partial charge in [-0.05, 0) is 24.5 Å². The molecule has 1 aromatic rings. The average Bonchev–Trinajstić information content (AvgIpc) is 2.42. The van der Waals surface area contributed by atoms with Gasteiger partial charge in [0.05, 0.1) is 5.69 Å². The van der Waals surface area contributed by atoms with Crippen LogP contribution in [-0.4, -0.2) is 29.6 Å². The molecule has 1 rings (SSSR count). The number of aliphatic hydroxyl groups is 1. The second-order valence-electron chi connectivity index (χ2n) is 4.91. The van der Waals surface area contributed by atoms with Gasteiger partial charge in [-0.3, -0.25) is 9.59 Å². The number of carbonyl (C=O) groups is 2. The van der Waals surface area contributed by atoms with Gasteiger partial charge in [0.15, 0.2) is 0 Å². The number of nitrogens with one attached hydrogen (secondary N) is 2. The zero-order chi connectivity index (χ0) is 16.0. The van der Waals surface area contributed by atoms with Crippen LogP contribution in [-0.2, 0) is 9.59 Å². The third kappa shape index (κ3) is 5.11. The zero-order valence-electron chi connectivity index (χ0n) is 11.8. The van der Waals surface area contributed by atoms with Crippen molar-refractivity contribution in [1.29, 1.82) is 0 Å². The largest absolute Gasteiger partial charge is 0.396 e. The summed E-state index contributed by atoms with van der Waals surface area (Å²) < 4.78 is 26.3. The highest BCUT2D eigenvalue weighted by Gasteiger charge is 2.21. The van der Waals surface area contributed by atoms with Crippen molar-refractivity contribution in [1.82, 2.24) is 5.32 Å². The van der Waals surface area contributed by atoms with Gasteiger partial charge >= 0.3 is 11.8 Å². The van der Waals surface area contributed by atoms with E-state index in [9.17, 15) is 18.4 Å². The Morgan fingerprint density at radius 2 is 1.90 bits per heavy atom. The maximum atomic E-state index is 13.4. The molecule has 3 N–H and O–H groups in total. The lowest BCUT2D eigenvalue weighted by atomic mass is 10.0. The zero-order valence-corrected chi connectivity index (χ0v) is 11.8. The van der Waals surface area contributed by atoms with E-state index in [4.69, 9.17) is 5.11 Å². The first-order valence-electron chi connectivity index (χ1n) is 6.53. The molecule has 0 aliphatic heterocycles. The van der Waals surface area contributed by atoms with Crippen molar-refractivity contribution in [3.05, 3.63) is 29.8 Å². The molecule has 0 radical (unpaired) electrons. The molecule has 0 aromatic heterocycles. The first-order chi connectivity index (χ1) is 9.85. The molecular formula is C14H18F2N2O3. The predicted octanol–water partition coefficient (Wildman–Crippen LogP) is 1.43. The van der Waals surface area contributed by atoms with Crippen molar-refractivity contribution in [2.45, 2.75) is 26.3 Å². The molecule has 0 fully saturated rings. The average molecular weight is 300 g/mol. The van der Waals surface area contributed by atoms with Gasteiger partial charge in [-0.1, -0.05) is 13.8 Å². The van der Waals surface area contributed by atoms with E-state index < -0.39 is 29.1 Å². The summed E-state index contributed by atoms with van der Waals surface area (Å²) in [6, 6.07) is 2.16. The Morgan fingerprint density at radius 1 is 1.24 bits per heavy atom. The summed E-state index contributed by atoms with van der Waals surface area (Å²) in [5.74, 6) is -3.62. The van der Waals surface area contributed by atoms with Crippen LogP contribution in [0.15, 0.2) is 18.2 Å². The molecule has 1 atom stereocenters. The van der Waals surface area contributed by atoms with Crippen molar-refractivity contribution in [3.63, 3.8) is 0 Å². The summed E-state index contributed by atoms with van der Waals surface area (Å²) in [5, 5.41) is 13.3. The lowest BCUT2D eigenvalue weighted by Crippen LogP contribution is -2.44. The number of carbonyl (C=O) groups excluding carboxylic acids is 2. The number of aliphatic hydroxyl groups excluding tert-OH is 1. The summed E-state index contributed by atoms with van der Waals surface area (Å²) in [6.45, 7) is 3.51. The first kappa shape index (κ1) is 17.0. The summed E-state index contributed by atoms with van der Waals surface area (Å²) in [4.78, 5) is 23.4. The van der Waals surface area contributed by atoms with Crippen LogP contribution < -0.4 is 10.6 Å². The molecule has 0 bridgehead atoms. The Hall–Kier alpha value is -2.02. The maximum Gasteiger partial charge on any atom is 0.313 e. The van der Waals surface area contributed by atoms with Crippen LogP contribution in [0, 0.1) is 17.6 Å². The second-order valence-corrected chi connectivity index (χ2v) is 4.91. The van der Waals surface area contributed by atoms with Crippen LogP contribution in [0.3, 0.4) is 0 Å². The molecule has 7 heteroatoms. The Labute approximate surface area is 121 Å². The van der Waals surface area contributed by atoms with E-state index in [1.165, 1.54) is 0 Å². The van der Waals surface area contributed by atoms with Gasteiger partial charge < -0.3 is 15.7 Å². The molecule has 0 spiro atoms. The Kier molecular flexibility index (Phi) is 6.23. The van der Waals surface area contributed by atoms with Crippen LogP contribution >= 0.6 is 0 Å². The molecule has 0 aliphatic carbocycles. The van der Waals surface area contributed by atoms with Gasteiger partial charge in [0.25, 0.3) is 0 Å². The Bertz CT molecular complexity index is 521. The number of amides is 2. The normalized spacial score (nSPS) is 12.1. The van der Waals surface area contributed by atoms with Crippen molar-refractivity contribution < 1.29 is 23.5 Å². The van der Waals surface area contributed by atoms with E-state index in [2.05, 4.69) is 5.32 Å². The van der Waals surface area contributed by atoms with E-state index in [0.717, 1.165) is 18.2 Å². The molecule has 1 unspecified atom stereocenters. The van der Waals surface area contributed by atoms with E-state index in [1.54, 1.807) is 0 Å². The van der Waals surface area contributed by atoms with Gasteiger partial charge in [0.2, 0.25) is 0 Å². The SMILES string of the molecule is CC(C)C(CCO)NC(=O)C(=O)Nc1cc(F)ccc1F. The second kappa shape index (κ2) is 7.68. The minimum absolute atomic E-state index is 0.0137. The van der Waals surface area contributed by atoms with Crippen LogP contribution in [0.5, 0.6) is 0 Å². The molecule has 1 aromatic carbocycles. The van der Waals surface area contributed by atoms with Crippen LogP contribution in [0.4, 0.5) is 14.5 Å². The van der Waals surface area contributed by atoms with Crippen LogP contribution in [0.1, 0.15) is 20.3 Å². The molecule has 0 aliphatic rings. The number of hydrogen-bond donors (Lipinski definition) is 3. The standard InChI is InChI=1S/C14H18F2N2O3/c1-8(2)11(5-6-19)17-13(20)14(21)18-12-7-9(15)3-4-10(12)16/h3-4,7-8,11,19H,5-6H2,1-2H3,(H,17,20)(H,18,21). The Morgan fingerprint density at radius 3 is 2.48 bits per heavy atom. The number of hydrogen-bond acceptors (Lipinski definition) is 3. The number of anilines is 1. The van der Waals surface area contributed by atoms with Gasteiger partial charge in [-0.15, -0.1) is 0 Å². The molecule has 21 heavy (non-hydrogen) atoms. The topological polar surface area (TPSA) is 78.4 Å². The maximum absolute atomic E-state index is 13.4. The fraction of sp³-hybridized carbons (Fsp3) is 0.429. The summed E-state index contributed by atoms with van der Waals surface area (Å²) in [5.41, 5.74) is -0.404. The third-order valence-electron chi connectivity index (χ3n) is 2.94. The van der Waals surface area contributed by atoms with Gasteiger partial charge in [-0.25, -0.2) is 8.78 Å². The fourth-order valence-corrected chi connectivity index (χ4v) is 1.72. The molecule has 0 saturated heterocycles. The van der Waals surface area contributed by atoms with E-state index in [1.807, 2.05) is 19.2 Å². The highest BCUT2D eigenvalue weighted by molar-refractivity contribution is 6.39. The molecule has 5 nitrogen and oxygen atoms in total. The number of benzene rings is 1. The van der Waals surface area contributed by atoms with Crippen molar-refractivity contribution in [3.8, 4) is 0 Å². The van der Waals surface area contributed by atoms with Crippen molar-refractivity contribution in [2.75, 3.05) is 11.9 Å². The number of halogens is 2. The summed E-state index contributed by atoms with van der Waals surface area (Å²) in [6.07, 6.45) is 0.297. The van der Waals surface area contributed by atoms with Crippen molar-refractivity contribution in [2.24, 2.45) is 5.92 Å². The van der Waals surface area contributed by atoms with Gasteiger partial charge in [0.1, 0.15) is 11.6 Å². The van der Waals surface area contributed by atoms with E-state index in [0.29, 0.717) is 6.42 Å². The fourth-order valence-electron chi connectivity index (χ4n) is 1.72. The number of rotatable bonds is 5. The molecule has 2 amide bonds.